The van der Waals surface area contributed by atoms with Crippen LogP contribution in [0.4, 0.5) is 0 Å². The molecule has 134 valence electrons. The number of hydrogen-bond acceptors (Lipinski definition) is 5. The van der Waals surface area contributed by atoms with E-state index >= 15 is 0 Å². The fraction of sp³-hybridized carbons (Fsp3) is 0.800. The fourth-order valence-corrected chi connectivity index (χ4v) is 1.87. The average molecular weight is 330 g/mol. The number of carboxylic acids is 1. The highest BCUT2D eigenvalue weighted by atomic mass is 16.4. The molecule has 0 rings (SSSR count). The molecule has 2 atom stereocenters. The van der Waals surface area contributed by atoms with Crippen LogP contribution in [0.5, 0.6) is 0 Å². The summed E-state index contributed by atoms with van der Waals surface area (Å²) >= 11 is 0. The van der Waals surface area contributed by atoms with Crippen LogP contribution in [0.1, 0.15) is 51.9 Å². The van der Waals surface area contributed by atoms with E-state index in [0.29, 0.717) is 25.9 Å². The van der Waals surface area contributed by atoms with Crippen LogP contribution in [0.15, 0.2) is 0 Å². The van der Waals surface area contributed by atoms with Gasteiger partial charge in [0.25, 0.3) is 0 Å². The van der Waals surface area contributed by atoms with Crippen molar-refractivity contribution in [2.75, 3.05) is 13.1 Å². The smallest absolute Gasteiger partial charge is 0.320 e. The molecule has 8 nitrogen and oxygen atoms in total. The Bertz CT molecular complexity index is 376. The normalized spacial score (nSPS) is 13.2. The zero-order valence-electron chi connectivity index (χ0n) is 13.8. The Balaban J connectivity index is 3.62. The van der Waals surface area contributed by atoms with Crippen molar-refractivity contribution in [2.24, 2.45) is 11.5 Å². The number of aliphatic carboxylic acids is 1. The molecule has 0 aromatic carbocycles. The molecule has 0 radical (unpaired) electrons. The van der Waals surface area contributed by atoms with Crippen LogP contribution < -0.4 is 22.1 Å². The van der Waals surface area contributed by atoms with E-state index in [9.17, 15) is 14.4 Å². The van der Waals surface area contributed by atoms with Crippen molar-refractivity contribution in [3.05, 3.63) is 0 Å². The van der Waals surface area contributed by atoms with Crippen molar-refractivity contribution in [3.8, 4) is 0 Å². The Morgan fingerprint density at radius 1 is 0.957 bits per heavy atom. The summed E-state index contributed by atoms with van der Waals surface area (Å²) in [7, 11) is 0. The number of rotatable bonds is 13. The third kappa shape index (κ3) is 11.5. The second-order valence-corrected chi connectivity index (χ2v) is 5.58. The van der Waals surface area contributed by atoms with Crippen LogP contribution in [0.25, 0.3) is 0 Å². The second-order valence-electron chi connectivity index (χ2n) is 5.58. The topological polar surface area (TPSA) is 148 Å². The molecule has 0 aliphatic carbocycles. The second kappa shape index (κ2) is 12.8. The van der Waals surface area contributed by atoms with Crippen molar-refractivity contribution in [1.29, 1.82) is 0 Å². The molecule has 0 spiro atoms. The molecule has 1 unspecified atom stereocenters. The summed E-state index contributed by atoms with van der Waals surface area (Å²) in [6.07, 6.45) is 4.18. The van der Waals surface area contributed by atoms with Crippen molar-refractivity contribution >= 4 is 17.8 Å². The van der Waals surface area contributed by atoms with Crippen LogP contribution >= 0.6 is 0 Å². The zero-order chi connectivity index (χ0) is 17.7. The molecule has 0 aromatic heterocycles. The number of nitrogens with two attached hydrogens (primary N) is 2. The van der Waals surface area contributed by atoms with Crippen molar-refractivity contribution in [2.45, 2.75) is 64.0 Å². The third-order valence-electron chi connectivity index (χ3n) is 3.43. The Labute approximate surface area is 137 Å². The van der Waals surface area contributed by atoms with Gasteiger partial charge in [-0.3, -0.25) is 14.4 Å². The van der Waals surface area contributed by atoms with Gasteiger partial charge in [-0.25, -0.2) is 0 Å². The molecular formula is C15H30N4O4. The molecule has 0 heterocycles. The van der Waals surface area contributed by atoms with Crippen molar-refractivity contribution in [1.82, 2.24) is 10.6 Å². The lowest BCUT2D eigenvalue weighted by molar-refractivity contribution is -0.138. The number of carboxylic acid groups (broad SMARTS) is 1. The van der Waals surface area contributed by atoms with E-state index < -0.39 is 18.1 Å². The van der Waals surface area contributed by atoms with Gasteiger partial charge in [-0.1, -0.05) is 13.3 Å². The first-order chi connectivity index (χ1) is 10.9. The first-order valence-corrected chi connectivity index (χ1v) is 8.16. The molecule has 2 amide bonds. The fourth-order valence-electron chi connectivity index (χ4n) is 1.87. The first-order valence-electron chi connectivity index (χ1n) is 8.16. The number of unbranched alkanes of at least 4 members (excludes halogenated alkanes) is 2. The summed E-state index contributed by atoms with van der Waals surface area (Å²) in [6, 6.07) is -1.53. The number of nitrogens with one attached hydrogen (secondary N) is 2. The summed E-state index contributed by atoms with van der Waals surface area (Å²) in [5, 5.41) is 14.1. The lowest BCUT2D eigenvalue weighted by atomic mass is 10.1. The van der Waals surface area contributed by atoms with Crippen LogP contribution in [0.2, 0.25) is 0 Å². The van der Waals surface area contributed by atoms with E-state index in [1.807, 2.05) is 0 Å². The van der Waals surface area contributed by atoms with Crippen LogP contribution in [0.3, 0.4) is 0 Å². The summed E-state index contributed by atoms with van der Waals surface area (Å²) < 4.78 is 0. The van der Waals surface area contributed by atoms with Gasteiger partial charge in [-0.2, -0.15) is 0 Å². The van der Waals surface area contributed by atoms with E-state index in [2.05, 4.69) is 17.6 Å². The van der Waals surface area contributed by atoms with Gasteiger partial charge in [-0.05, 0) is 32.1 Å². The number of carbonyl (C=O) groups excluding carboxylic acids is 2. The standard InChI is InChI=1S/C15H30N4O4/c1-2-3-9-19-14(21)11(16)6-4-5-10-18-13(20)8-7-12(17)15(22)23/h11-12H,2-10,16-17H2,1H3,(H,18,20)(H,19,21)(H,22,23)/t11?,12-/m0/s1. The number of carbonyl (C=O) groups is 3. The van der Waals surface area contributed by atoms with Gasteiger partial charge in [0, 0.05) is 19.5 Å². The largest absolute Gasteiger partial charge is 0.480 e. The molecule has 0 saturated carbocycles. The highest BCUT2D eigenvalue weighted by Crippen LogP contribution is 2.00. The van der Waals surface area contributed by atoms with Crippen LogP contribution in [-0.2, 0) is 14.4 Å². The molecule has 0 fully saturated rings. The molecule has 0 saturated heterocycles. The predicted molar refractivity (Wildman–Crippen MR) is 87.6 cm³/mol. The summed E-state index contributed by atoms with van der Waals surface area (Å²) in [5.41, 5.74) is 11.1. The lowest BCUT2D eigenvalue weighted by Gasteiger charge is -2.12. The Morgan fingerprint density at radius 2 is 1.61 bits per heavy atom. The third-order valence-corrected chi connectivity index (χ3v) is 3.43. The molecule has 0 aliphatic heterocycles. The van der Waals surface area contributed by atoms with Crippen molar-refractivity contribution in [3.63, 3.8) is 0 Å². The maximum atomic E-state index is 11.6. The average Bonchev–Trinajstić information content (AvgIpc) is 2.51. The van der Waals surface area contributed by atoms with Gasteiger partial charge < -0.3 is 27.2 Å². The monoisotopic (exact) mass is 330 g/mol. The van der Waals surface area contributed by atoms with Crippen LogP contribution in [0, 0.1) is 0 Å². The van der Waals surface area contributed by atoms with Gasteiger partial charge in [0.2, 0.25) is 11.8 Å². The van der Waals surface area contributed by atoms with Gasteiger partial charge in [0.15, 0.2) is 0 Å². The van der Waals surface area contributed by atoms with E-state index in [-0.39, 0.29) is 24.7 Å². The van der Waals surface area contributed by atoms with E-state index in [1.165, 1.54) is 0 Å². The van der Waals surface area contributed by atoms with Gasteiger partial charge in [0.1, 0.15) is 6.04 Å². The summed E-state index contributed by atoms with van der Waals surface area (Å²) in [5.74, 6) is -1.46. The Kier molecular flexibility index (Phi) is 11.9. The Morgan fingerprint density at radius 3 is 2.22 bits per heavy atom. The Hall–Kier alpha value is -1.67. The van der Waals surface area contributed by atoms with E-state index in [1.54, 1.807) is 0 Å². The molecule has 0 bridgehead atoms. The molecule has 0 aliphatic rings. The highest BCUT2D eigenvalue weighted by Gasteiger charge is 2.14. The zero-order valence-corrected chi connectivity index (χ0v) is 13.8. The van der Waals surface area contributed by atoms with Gasteiger partial charge in [0.05, 0.1) is 6.04 Å². The minimum absolute atomic E-state index is 0.0901. The first kappa shape index (κ1) is 21.3. The number of hydrogen-bond donors (Lipinski definition) is 5. The molecule has 8 heteroatoms. The highest BCUT2D eigenvalue weighted by molar-refractivity contribution is 5.81. The summed E-state index contributed by atoms with van der Waals surface area (Å²) in [6.45, 7) is 3.18. The van der Waals surface area contributed by atoms with E-state index in [0.717, 1.165) is 19.3 Å². The summed E-state index contributed by atoms with van der Waals surface area (Å²) in [4.78, 5) is 33.6. The van der Waals surface area contributed by atoms with Gasteiger partial charge in [-0.15, -0.1) is 0 Å². The molecule has 0 aromatic rings. The SMILES string of the molecule is CCCCNC(=O)C(N)CCCCNC(=O)CC[C@H](N)C(=O)O. The maximum absolute atomic E-state index is 11.6. The van der Waals surface area contributed by atoms with Crippen molar-refractivity contribution < 1.29 is 19.5 Å². The predicted octanol–water partition coefficient (Wildman–Crippen LogP) is -0.291. The lowest BCUT2D eigenvalue weighted by Crippen LogP contribution is -2.41. The van der Waals surface area contributed by atoms with Crippen LogP contribution in [-0.4, -0.2) is 48.1 Å². The minimum atomic E-state index is -1.11. The molecular weight excluding hydrogens is 300 g/mol. The quantitative estimate of drug-likeness (QED) is 0.293. The van der Waals surface area contributed by atoms with Gasteiger partial charge >= 0.3 is 5.97 Å². The van der Waals surface area contributed by atoms with E-state index in [4.69, 9.17) is 16.6 Å². The molecule has 7 N–H and O–H groups in total. The number of amides is 2. The molecule has 23 heavy (non-hydrogen) atoms. The maximum Gasteiger partial charge on any atom is 0.320 e. The minimum Gasteiger partial charge on any atom is -0.480 e.